The molecule has 2 fully saturated rings. The highest BCUT2D eigenvalue weighted by Gasteiger charge is 2.42. The Balaban J connectivity index is 1.48. The van der Waals surface area contributed by atoms with Crippen molar-refractivity contribution in [3.8, 4) is 11.3 Å². The van der Waals surface area contributed by atoms with Gasteiger partial charge in [0.1, 0.15) is 0 Å². The summed E-state index contributed by atoms with van der Waals surface area (Å²) in [6.07, 6.45) is 8.34. The summed E-state index contributed by atoms with van der Waals surface area (Å²) in [7, 11) is 0. The van der Waals surface area contributed by atoms with Crippen LogP contribution in [0.5, 0.6) is 0 Å². The van der Waals surface area contributed by atoms with Crippen molar-refractivity contribution >= 4 is 5.91 Å². The average Bonchev–Trinajstić information content (AvgIpc) is 3.44. The molecule has 5 nitrogen and oxygen atoms in total. The maximum Gasteiger partial charge on any atom is 0.273 e. The van der Waals surface area contributed by atoms with E-state index in [1.807, 2.05) is 12.1 Å². The molecule has 0 unspecified atom stereocenters. The average molecular weight is 283 g/mol. The van der Waals surface area contributed by atoms with Crippen molar-refractivity contribution in [1.29, 1.82) is 0 Å². The first-order chi connectivity index (χ1) is 10.3. The largest absolute Gasteiger partial charge is 0.355 e. The van der Waals surface area contributed by atoms with Gasteiger partial charge < -0.3 is 9.84 Å². The van der Waals surface area contributed by atoms with Gasteiger partial charge in [0, 0.05) is 30.1 Å². The molecule has 2 heterocycles. The van der Waals surface area contributed by atoms with Crippen molar-refractivity contribution in [1.82, 2.24) is 15.5 Å². The number of pyridine rings is 1. The number of carbonyl (C=O) groups excluding carboxylic acids is 1. The summed E-state index contributed by atoms with van der Waals surface area (Å²) in [6.45, 7) is 0. The molecule has 2 aromatic heterocycles. The molecular weight excluding hydrogens is 266 g/mol. The minimum Gasteiger partial charge on any atom is -0.355 e. The molecule has 2 saturated carbocycles. The second kappa shape index (κ2) is 4.98. The van der Waals surface area contributed by atoms with Gasteiger partial charge in [0.2, 0.25) is 0 Å². The lowest BCUT2D eigenvalue weighted by Crippen LogP contribution is -2.38. The molecule has 5 heteroatoms. The number of amides is 1. The first kappa shape index (κ1) is 12.6. The molecule has 0 atom stereocenters. The third-order valence-corrected chi connectivity index (χ3v) is 4.25. The summed E-state index contributed by atoms with van der Waals surface area (Å²) in [4.78, 5) is 16.4. The number of rotatable bonds is 5. The van der Waals surface area contributed by atoms with E-state index in [1.54, 1.807) is 18.5 Å². The zero-order valence-corrected chi connectivity index (χ0v) is 11.7. The van der Waals surface area contributed by atoms with Gasteiger partial charge >= 0.3 is 0 Å². The van der Waals surface area contributed by atoms with E-state index in [-0.39, 0.29) is 5.91 Å². The van der Waals surface area contributed by atoms with E-state index in [0.717, 1.165) is 5.56 Å². The predicted molar refractivity (Wildman–Crippen MR) is 76.4 cm³/mol. The van der Waals surface area contributed by atoms with Crippen LogP contribution < -0.4 is 5.32 Å². The minimum atomic E-state index is -0.127. The zero-order chi connectivity index (χ0) is 14.2. The summed E-state index contributed by atoms with van der Waals surface area (Å²) < 4.78 is 5.25. The van der Waals surface area contributed by atoms with E-state index in [4.69, 9.17) is 4.52 Å². The Labute approximate surface area is 122 Å². The highest BCUT2D eigenvalue weighted by atomic mass is 16.5. The van der Waals surface area contributed by atoms with Gasteiger partial charge in [-0.3, -0.25) is 9.78 Å². The Bertz CT molecular complexity index is 633. The molecule has 0 spiro atoms. The molecule has 1 amide bonds. The lowest BCUT2D eigenvalue weighted by Gasteiger charge is -2.16. The van der Waals surface area contributed by atoms with Crippen molar-refractivity contribution in [2.24, 2.45) is 11.8 Å². The quantitative estimate of drug-likeness (QED) is 0.916. The number of hydrogen-bond acceptors (Lipinski definition) is 4. The maximum atomic E-state index is 12.3. The van der Waals surface area contributed by atoms with Gasteiger partial charge in [0.15, 0.2) is 11.5 Å². The second-order valence-electron chi connectivity index (χ2n) is 5.99. The lowest BCUT2D eigenvalue weighted by molar-refractivity contribution is 0.0917. The Kier molecular flexibility index (Phi) is 2.98. The van der Waals surface area contributed by atoms with Gasteiger partial charge in [0.05, 0.1) is 0 Å². The molecule has 108 valence electrons. The molecule has 0 bridgehead atoms. The fraction of sp³-hybridized carbons (Fsp3) is 0.438. The Morgan fingerprint density at radius 2 is 2.05 bits per heavy atom. The molecule has 1 N–H and O–H groups in total. The minimum absolute atomic E-state index is 0.127. The van der Waals surface area contributed by atoms with Crippen LogP contribution in [0.3, 0.4) is 0 Å². The lowest BCUT2D eigenvalue weighted by atomic mass is 10.1. The van der Waals surface area contributed by atoms with Crippen LogP contribution in [0, 0.1) is 11.8 Å². The Morgan fingerprint density at radius 3 is 2.67 bits per heavy atom. The fourth-order valence-electron chi connectivity index (χ4n) is 2.78. The highest BCUT2D eigenvalue weighted by Crippen LogP contribution is 2.44. The van der Waals surface area contributed by atoms with Gasteiger partial charge in [-0.2, -0.15) is 0 Å². The number of aromatic nitrogens is 2. The highest BCUT2D eigenvalue weighted by molar-refractivity contribution is 5.93. The van der Waals surface area contributed by atoms with Crippen LogP contribution in [-0.2, 0) is 0 Å². The fourth-order valence-corrected chi connectivity index (χ4v) is 2.78. The van der Waals surface area contributed by atoms with E-state index >= 15 is 0 Å². The van der Waals surface area contributed by atoms with Crippen LogP contribution in [-0.4, -0.2) is 22.1 Å². The molecule has 2 aliphatic rings. The first-order valence-electron chi connectivity index (χ1n) is 7.49. The monoisotopic (exact) mass is 283 g/mol. The molecule has 0 saturated heterocycles. The zero-order valence-electron chi connectivity index (χ0n) is 11.7. The third-order valence-electron chi connectivity index (χ3n) is 4.25. The van der Waals surface area contributed by atoms with E-state index in [2.05, 4.69) is 15.5 Å². The number of nitrogens with zero attached hydrogens (tertiary/aromatic N) is 2. The van der Waals surface area contributed by atoms with Gasteiger partial charge in [-0.1, -0.05) is 5.16 Å². The van der Waals surface area contributed by atoms with Crippen molar-refractivity contribution < 1.29 is 9.32 Å². The summed E-state index contributed by atoms with van der Waals surface area (Å²) in [5.41, 5.74) is 1.17. The molecular formula is C16H17N3O2. The summed E-state index contributed by atoms with van der Waals surface area (Å²) >= 11 is 0. The Morgan fingerprint density at radius 1 is 1.29 bits per heavy atom. The standard InChI is InChI=1S/C16H17N3O2/c20-16(18-15(10-3-4-10)11-5-6-11)13-8-14(21-19-13)12-2-1-7-17-9-12/h1-2,7-11,15H,3-6H2,(H,18,20). The van der Waals surface area contributed by atoms with Crippen LogP contribution in [0.1, 0.15) is 36.2 Å². The van der Waals surface area contributed by atoms with Gasteiger partial charge in [0.25, 0.3) is 5.91 Å². The number of carbonyl (C=O) groups is 1. The van der Waals surface area contributed by atoms with Crippen molar-refractivity contribution in [2.45, 2.75) is 31.7 Å². The first-order valence-corrected chi connectivity index (χ1v) is 7.49. The SMILES string of the molecule is O=C(NC(C1CC1)C1CC1)c1cc(-c2cccnc2)on1. The molecule has 2 aromatic rings. The van der Waals surface area contributed by atoms with Crippen molar-refractivity contribution in [2.75, 3.05) is 0 Å². The van der Waals surface area contributed by atoms with Crippen LogP contribution in [0.15, 0.2) is 35.1 Å². The van der Waals surface area contributed by atoms with Crippen LogP contribution in [0.25, 0.3) is 11.3 Å². The van der Waals surface area contributed by atoms with E-state index in [1.165, 1.54) is 25.7 Å². The Hall–Kier alpha value is -2.17. The molecule has 21 heavy (non-hydrogen) atoms. The number of hydrogen-bond donors (Lipinski definition) is 1. The van der Waals surface area contributed by atoms with Crippen molar-refractivity contribution in [3.63, 3.8) is 0 Å². The topological polar surface area (TPSA) is 68.0 Å². The smallest absolute Gasteiger partial charge is 0.273 e. The van der Waals surface area contributed by atoms with E-state index in [9.17, 15) is 4.79 Å². The summed E-state index contributed by atoms with van der Waals surface area (Å²) in [5.74, 6) is 1.79. The molecule has 2 aliphatic carbocycles. The van der Waals surface area contributed by atoms with Crippen LogP contribution in [0.2, 0.25) is 0 Å². The van der Waals surface area contributed by atoms with Crippen LogP contribution >= 0.6 is 0 Å². The van der Waals surface area contributed by atoms with Gasteiger partial charge in [-0.15, -0.1) is 0 Å². The van der Waals surface area contributed by atoms with E-state index in [0.29, 0.717) is 29.3 Å². The normalized spacial score (nSPS) is 18.0. The van der Waals surface area contributed by atoms with Crippen molar-refractivity contribution in [3.05, 3.63) is 36.3 Å². The second-order valence-corrected chi connectivity index (χ2v) is 5.99. The third kappa shape index (κ3) is 2.68. The molecule has 0 aliphatic heterocycles. The van der Waals surface area contributed by atoms with Gasteiger partial charge in [-0.25, -0.2) is 0 Å². The predicted octanol–water partition coefficient (Wildman–Crippen LogP) is 2.66. The van der Waals surface area contributed by atoms with E-state index < -0.39 is 0 Å². The molecule has 0 radical (unpaired) electrons. The van der Waals surface area contributed by atoms with Gasteiger partial charge in [-0.05, 0) is 49.7 Å². The number of nitrogens with one attached hydrogen (secondary N) is 1. The summed E-state index contributed by atoms with van der Waals surface area (Å²) in [5, 5.41) is 7.04. The summed E-state index contributed by atoms with van der Waals surface area (Å²) in [6, 6.07) is 5.72. The molecule has 0 aromatic carbocycles. The molecule has 4 rings (SSSR count). The van der Waals surface area contributed by atoms with Crippen LogP contribution in [0.4, 0.5) is 0 Å². The maximum absolute atomic E-state index is 12.3.